The van der Waals surface area contributed by atoms with Crippen molar-refractivity contribution in [3.05, 3.63) is 0 Å². The highest BCUT2D eigenvalue weighted by atomic mass is 19.4. The minimum absolute atomic E-state index is 0.0492. The highest BCUT2D eigenvalue weighted by Crippen LogP contribution is 2.54. The zero-order chi connectivity index (χ0) is 19.8. The smallest absolute Gasteiger partial charge is 0.200 e. The molecule has 0 N–H and O–H groups in total. The summed E-state index contributed by atoms with van der Waals surface area (Å²) in [7, 11) is 0. The lowest BCUT2D eigenvalue weighted by atomic mass is 9.97. The molecule has 0 fully saturated rings. The Bertz CT molecular complexity index is 418. The van der Waals surface area contributed by atoms with Crippen LogP contribution in [0.15, 0.2) is 0 Å². The summed E-state index contributed by atoms with van der Waals surface area (Å²) < 4.78 is 114. The molecule has 0 aliphatic rings. The van der Waals surface area contributed by atoms with Crippen LogP contribution in [0.25, 0.3) is 0 Å². The van der Waals surface area contributed by atoms with Crippen molar-refractivity contribution >= 4 is 0 Å². The predicted molar refractivity (Wildman–Crippen MR) is 75.9 cm³/mol. The van der Waals surface area contributed by atoms with E-state index >= 15 is 0 Å². The van der Waals surface area contributed by atoms with E-state index in [2.05, 4.69) is 5.92 Å². The lowest BCUT2D eigenvalue weighted by Crippen LogP contribution is -2.60. The topological polar surface area (TPSA) is 0 Å². The van der Waals surface area contributed by atoms with Gasteiger partial charge in [-0.3, -0.25) is 0 Å². The first kappa shape index (κ1) is 23.9. The molecule has 0 atom stereocenters. The van der Waals surface area contributed by atoms with Crippen LogP contribution in [0, 0.1) is 12.3 Å². The van der Waals surface area contributed by atoms with E-state index < -0.39 is 36.8 Å². The van der Waals surface area contributed by atoms with Crippen LogP contribution in [0.5, 0.6) is 0 Å². The number of alkyl halides is 9. The molecular weight excluding hydrogens is 363 g/mol. The van der Waals surface area contributed by atoms with Gasteiger partial charge in [-0.25, -0.2) is 0 Å². The third kappa shape index (κ3) is 6.63. The summed E-state index contributed by atoms with van der Waals surface area (Å²) in [5, 5.41) is 0. The Balaban J connectivity index is 4.22. The highest BCUT2D eigenvalue weighted by molar-refractivity contribution is 5.00. The first-order valence-corrected chi connectivity index (χ1v) is 7.95. The molecule has 0 bridgehead atoms. The van der Waals surface area contributed by atoms with Gasteiger partial charge in [-0.1, -0.05) is 38.5 Å². The number of hydrogen-bond acceptors (Lipinski definition) is 0. The van der Waals surface area contributed by atoms with Crippen molar-refractivity contribution < 1.29 is 39.5 Å². The summed E-state index contributed by atoms with van der Waals surface area (Å²) in [5.74, 6) is -16.2. The fraction of sp³-hybridized carbons (Fsp3) is 0.875. The average molecular weight is 384 g/mol. The SMILES string of the molecule is C#CCCCCCCCCCCC(F)(F)C(F)(F)C(F)(F)C(F)(F)F. The molecule has 25 heavy (non-hydrogen) atoms. The van der Waals surface area contributed by atoms with Crippen LogP contribution in [0.3, 0.4) is 0 Å². The maximum absolute atomic E-state index is 13.2. The van der Waals surface area contributed by atoms with Crippen LogP contribution in [-0.2, 0) is 0 Å². The Morgan fingerprint density at radius 2 is 0.960 bits per heavy atom. The second-order valence-electron chi connectivity index (χ2n) is 5.88. The van der Waals surface area contributed by atoms with Crippen LogP contribution >= 0.6 is 0 Å². The molecule has 0 aromatic heterocycles. The maximum Gasteiger partial charge on any atom is 0.460 e. The maximum atomic E-state index is 13.2. The number of rotatable bonds is 12. The van der Waals surface area contributed by atoms with Crippen LogP contribution < -0.4 is 0 Å². The van der Waals surface area contributed by atoms with E-state index in [1.165, 1.54) is 0 Å². The second-order valence-corrected chi connectivity index (χ2v) is 5.88. The van der Waals surface area contributed by atoms with Crippen LogP contribution in [0.4, 0.5) is 39.5 Å². The molecule has 0 unspecified atom stereocenters. The van der Waals surface area contributed by atoms with Gasteiger partial charge in [0.25, 0.3) is 0 Å². The Hall–Kier alpha value is -1.07. The minimum Gasteiger partial charge on any atom is -0.200 e. The standard InChI is InChI=1S/C16H21F9/c1-2-3-4-5-6-7-8-9-10-11-12-13(17,18)14(19,20)15(21,22)16(23,24)25/h1H,3-12H2. The Labute approximate surface area is 141 Å². The summed E-state index contributed by atoms with van der Waals surface area (Å²) in [6.45, 7) is 0. The number of halogens is 9. The van der Waals surface area contributed by atoms with Gasteiger partial charge in [0.1, 0.15) is 0 Å². The van der Waals surface area contributed by atoms with Gasteiger partial charge in [0, 0.05) is 12.8 Å². The fourth-order valence-corrected chi connectivity index (χ4v) is 2.20. The summed E-state index contributed by atoms with van der Waals surface area (Å²) in [6.07, 6.45) is 1.20. The van der Waals surface area contributed by atoms with E-state index in [0.29, 0.717) is 19.3 Å². The highest BCUT2D eigenvalue weighted by Gasteiger charge is 2.81. The molecule has 0 aromatic rings. The molecule has 0 aliphatic heterocycles. The van der Waals surface area contributed by atoms with Crippen LogP contribution in [-0.4, -0.2) is 23.9 Å². The molecule has 0 aromatic carbocycles. The van der Waals surface area contributed by atoms with Gasteiger partial charge in [-0.2, -0.15) is 39.5 Å². The molecule has 0 amide bonds. The Morgan fingerprint density at radius 1 is 0.560 bits per heavy atom. The lowest BCUT2D eigenvalue weighted by molar-refractivity contribution is -0.396. The van der Waals surface area contributed by atoms with E-state index in [0.717, 1.165) is 25.7 Å². The summed E-state index contributed by atoms with van der Waals surface area (Å²) in [4.78, 5) is 0. The van der Waals surface area contributed by atoms with Crippen molar-refractivity contribution in [1.82, 2.24) is 0 Å². The molecule has 0 nitrogen and oxygen atoms in total. The van der Waals surface area contributed by atoms with Gasteiger partial charge >= 0.3 is 23.9 Å². The molecule has 0 radical (unpaired) electrons. The summed E-state index contributed by atoms with van der Waals surface area (Å²) >= 11 is 0. The van der Waals surface area contributed by atoms with Crippen molar-refractivity contribution in [2.24, 2.45) is 0 Å². The van der Waals surface area contributed by atoms with Crippen molar-refractivity contribution in [3.8, 4) is 12.3 Å². The van der Waals surface area contributed by atoms with E-state index in [1.54, 1.807) is 0 Å². The zero-order valence-electron chi connectivity index (χ0n) is 13.6. The van der Waals surface area contributed by atoms with Crippen molar-refractivity contribution in [1.29, 1.82) is 0 Å². The van der Waals surface area contributed by atoms with E-state index in [-0.39, 0.29) is 6.42 Å². The van der Waals surface area contributed by atoms with Gasteiger partial charge in [-0.15, -0.1) is 12.3 Å². The normalized spacial score (nSPS) is 13.8. The molecule has 0 heterocycles. The Morgan fingerprint density at radius 3 is 1.36 bits per heavy atom. The van der Waals surface area contributed by atoms with Gasteiger partial charge in [0.15, 0.2) is 0 Å². The first-order chi connectivity index (χ1) is 11.3. The quantitative estimate of drug-likeness (QED) is 0.193. The molecule has 0 rings (SSSR count). The zero-order valence-corrected chi connectivity index (χ0v) is 13.6. The van der Waals surface area contributed by atoms with Gasteiger partial charge < -0.3 is 0 Å². The molecular formula is C16H21F9. The second kappa shape index (κ2) is 9.58. The molecule has 9 heteroatoms. The van der Waals surface area contributed by atoms with Gasteiger partial charge in [-0.05, 0) is 12.8 Å². The molecule has 0 saturated heterocycles. The monoisotopic (exact) mass is 384 g/mol. The van der Waals surface area contributed by atoms with Crippen molar-refractivity contribution in [2.45, 2.75) is 88.2 Å². The van der Waals surface area contributed by atoms with Crippen LogP contribution in [0.1, 0.15) is 64.2 Å². The predicted octanol–water partition coefficient (Wildman–Crippen LogP) is 6.99. The minimum atomic E-state index is -6.79. The third-order valence-corrected chi connectivity index (χ3v) is 3.77. The van der Waals surface area contributed by atoms with Crippen LogP contribution in [0.2, 0.25) is 0 Å². The molecule has 0 aliphatic carbocycles. The molecule has 0 saturated carbocycles. The van der Waals surface area contributed by atoms with Crippen molar-refractivity contribution in [3.63, 3.8) is 0 Å². The number of hydrogen-bond donors (Lipinski definition) is 0. The largest absolute Gasteiger partial charge is 0.460 e. The van der Waals surface area contributed by atoms with E-state index in [9.17, 15) is 39.5 Å². The average Bonchev–Trinajstić information content (AvgIpc) is 2.47. The first-order valence-electron chi connectivity index (χ1n) is 7.95. The summed E-state index contributed by atoms with van der Waals surface area (Å²) in [6, 6.07) is 0. The van der Waals surface area contributed by atoms with E-state index in [1.807, 2.05) is 0 Å². The lowest BCUT2D eigenvalue weighted by Gasteiger charge is -2.33. The molecule has 148 valence electrons. The van der Waals surface area contributed by atoms with Gasteiger partial charge in [0.05, 0.1) is 0 Å². The third-order valence-electron chi connectivity index (χ3n) is 3.77. The fourth-order valence-electron chi connectivity index (χ4n) is 2.20. The number of terminal acetylenes is 1. The Kier molecular flexibility index (Phi) is 9.17. The van der Waals surface area contributed by atoms with Gasteiger partial charge in [0.2, 0.25) is 0 Å². The number of unbranched alkanes of at least 4 members (excludes halogenated alkanes) is 8. The molecule has 0 spiro atoms. The van der Waals surface area contributed by atoms with E-state index in [4.69, 9.17) is 6.42 Å². The summed E-state index contributed by atoms with van der Waals surface area (Å²) in [5.41, 5.74) is 0. The van der Waals surface area contributed by atoms with Crippen molar-refractivity contribution in [2.75, 3.05) is 0 Å².